The molecule has 7 nitrogen and oxygen atoms in total. The van der Waals surface area contributed by atoms with Gasteiger partial charge in [0.15, 0.2) is 0 Å². The fraction of sp³-hybridized carbons (Fsp3) is 0.727. The Morgan fingerprint density at radius 2 is 2.06 bits per heavy atom. The van der Waals surface area contributed by atoms with Crippen molar-refractivity contribution in [3.63, 3.8) is 0 Å². The first kappa shape index (κ1) is 12.7. The van der Waals surface area contributed by atoms with Crippen LogP contribution in [0.1, 0.15) is 25.7 Å². The fourth-order valence-electron chi connectivity index (χ4n) is 2.95. The summed E-state index contributed by atoms with van der Waals surface area (Å²) in [7, 11) is 0. The second-order valence-corrected chi connectivity index (χ2v) is 4.83. The van der Waals surface area contributed by atoms with Crippen LogP contribution in [0.3, 0.4) is 0 Å². The minimum Gasteiger partial charge on any atom is -0.481 e. The molecule has 3 amide bonds. The van der Waals surface area contributed by atoms with E-state index in [1.54, 1.807) is 4.90 Å². The average Bonchev–Trinajstić information content (AvgIpc) is 2.85. The highest BCUT2D eigenvalue weighted by Gasteiger charge is 2.51. The number of carboxylic acid groups (broad SMARTS) is 1. The van der Waals surface area contributed by atoms with E-state index in [0.717, 1.165) is 12.8 Å². The number of amides is 3. The van der Waals surface area contributed by atoms with Crippen molar-refractivity contribution in [1.29, 1.82) is 0 Å². The number of aliphatic carboxylic acids is 1. The summed E-state index contributed by atoms with van der Waals surface area (Å²) in [5.74, 6) is -1.76. The van der Waals surface area contributed by atoms with E-state index in [0.29, 0.717) is 6.42 Å². The number of hydrogen-bond donors (Lipinski definition) is 3. The van der Waals surface area contributed by atoms with Gasteiger partial charge < -0.3 is 21.1 Å². The van der Waals surface area contributed by atoms with Crippen molar-refractivity contribution in [3.8, 4) is 0 Å². The van der Waals surface area contributed by atoms with Gasteiger partial charge in [0.05, 0.1) is 5.92 Å². The topological polar surface area (TPSA) is 113 Å². The van der Waals surface area contributed by atoms with Gasteiger partial charge in [0, 0.05) is 25.0 Å². The molecule has 2 saturated heterocycles. The maximum absolute atomic E-state index is 11.9. The first-order valence-electron chi connectivity index (χ1n) is 6.08. The molecule has 2 aliphatic rings. The van der Waals surface area contributed by atoms with E-state index in [1.165, 1.54) is 0 Å². The van der Waals surface area contributed by atoms with Crippen LogP contribution in [0.5, 0.6) is 0 Å². The van der Waals surface area contributed by atoms with E-state index in [9.17, 15) is 14.4 Å². The van der Waals surface area contributed by atoms with Gasteiger partial charge in [0.2, 0.25) is 5.91 Å². The van der Waals surface area contributed by atoms with Gasteiger partial charge in [0.1, 0.15) is 0 Å². The van der Waals surface area contributed by atoms with Gasteiger partial charge in [0.25, 0.3) is 0 Å². The van der Waals surface area contributed by atoms with Gasteiger partial charge in [-0.1, -0.05) is 0 Å². The Morgan fingerprint density at radius 1 is 1.33 bits per heavy atom. The van der Waals surface area contributed by atoms with E-state index in [2.05, 4.69) is 5.32 Å². The van der Waals surface area contributed by atoms with Crippen LogP contribution in [0.25, 0.3) is 0 Å². The van der Waals surface area contributed by atoms with Crippen molar-refractivity contribution in [3.05, 3.63) is 0 Å². The minimum absolute atomic E-state index is 0.0182. The maximum atomic E-state index is 11.9. The zero-order valence-corrected chi connectivity index (χ0v) is 9.96. The third-order valence-electron chi connectivity index (χ3n) is 3.74. The number of carboxylic acids is 1. The first-order valence-corrected chi connectivity index (χ1v) is 6.08. The molecule has 0 aliphatic carbocycles. The molecule has 0 aromatic heterocycles. The Bertz CT molecular complexity index is 384. The molecule has 2 aliphatic heterocycles. The number of nitrogens with zero attached hydrogens (tertiary/aromatic N) is 1. The Labute approximate surface area is 104 Å². The first-order chi connectivity index (χ1) is 8.50. The molecule has 0 aromatic rings. The van der Waals surface area contributed by atoms with E-state index in [4.69, 9.17) is 10.8 Å². The number of rotatable bonds is 4. The molecule has 2 bridgehead atoms. The molecule has 0 radical (unpaired) electrons. The monoisotopic (exact) mass is 255 g/mol. The number of hydrogen-bond acceptors (Lipinski definition) is 3. The predicted octanol–water partition coefficient (Wildman–Crippen LogP) is -0.491. The van der Waals surface area contributed by atoms with Crippen LogP contribution in [-0.4, -0.2) is 46.5 Å². The molecule has 0 saturated carbocycles. The number of primary amides is 1. The molecule has 18 heavy (non-hydrogen) atoms. The molecule has 0 spiro atoms. The van der Waals surface area contributed by atoms with Crippen molar-refractivity contribution in [2.75, 3.05) is 6.54 Å². The van der Waals surface area contributed by atoms with Crippen molar-refractivity contribution in [2.24, 2.45) is 11.7 Å². The van der Waals surface area contributed by atoms with Gasteiger partial charge in [-0.15, -0.1) is 0 Å². The van der Waals surface area contributed by atoms with Crippen molar-refractivity contribution >= 4 is 17.9 Å². The largest absolute Gasteiger partial charge is 0.481 e. The highest BCUT2D eigenvalue weighted by atomic mass is 16.4. The summed E-state index contributed by atoms with van der Waals surface area (Å²) < 4.78 is 0. The number of nitrogens with one attached hydrogen (secondary N) is 1. The van der Waals surface area contributed by atoms with Crippen LogP contribution in [0, 0.1) is 5.92 Å². The van der Waals surface area contributed by atoms with Crippen LogP contribution in [0.2, 0.25) is 0 Å². The predicted molar refractivity (Wildman–Crippen MR) is 61.6 cm³/mol. The lowest BCUT2D eigenvalue weighted by Crippen LogP contribution is -2.45. The van der Waals surface area contributed by atoms with Crippen LogP contribution < -0.4 is 11.1 Å². The molecule has 2 rings (SSSR count). The van der Waals surface area contributed by atoms with E-state index >= 15 is 0 Å². The third-order valence-corrected chi connectivity index (χ3v) is 3.74. The average molecular weight is 255 g/mol. The summed E-state index contributed by atoms with van der Waals surface area (Å²) in [6.07, 6.45) is 2.23. The highest BCUT2D eigenvalue weighted by molar-refractivity contribution is 5.80. The van der Waals surface area contributed by atoms with E-state index in [-0.39, 0.29) is 31.1 Å². The smallest absolute Gasteiger partial charge is 0.317 e. The molecule has 2 fully saturated rings. The number of carbonyl (C=O) groups excluding carboxylic acids is 2. The Morgan fingerprint density at radius 3 is 2.61 bits per heavy atom. The molecule has 0 aromatic carbocycles. The quantitative estimate of drug-likeness (QED) is 0.629. The third kappa shape index (κ3) is 2.25. The van der Waals surface area contributed by atoms with Crippen LogP contribution >= 0.6 is 0 Å². The SMILES string of the molecule is NC(=O)CCNC(=O)N1C2CCC1C(C(=O)O)C2. The molecule has 2 heterocycles. The summed E-state index contributed by atoms with van der Waals surface area (Å²) in [4.78, 5) is 35.2. The van der Waals surface area contributed by atoms with Crippen molar-refractivity contribution in [1.82, 2.24) is 10.2 Å². The molecule has 3 unspecified atom stereocenters. The van der Waals surface area contributed by atoms with Crippen molar-refractivity contribution < 1.29 is 19.5 Å². The van der Waals surface area contributed by atoms with Crippen LogP contribution in [0.15, 0.2) is 0 Å². The number of nitrogens with two attached hydrogens (primary N) is 1. The lowest BCUT2D eigenvalue weighted by atomic mass is 9.89. The standard InChI is InChI=1S/C11H17N3O4/c12-9(15)3-4-13-11(18)14-6-1-2-8(14)7(5-6)10(16)17/h6-8H,1-5H2,(H2,12,15)(H,13,18)(H,16,17). The zero-order valence-electron chi connectivity index (χ0n) is 9.96. The van der Waals surface area contributed by atoms with Crippen molar-refractivity contribution in [2.45, 2.75) is 37.8 Å². The Hall–Kier alpha value is -1.79. The number of fused-ring (bicyclic) bond motifs is 2. The molecular formula is C11H17N3O4. The Kier molecular flexibility index (Phi) is 3.40. The van der Waals surface area contributed by atoms with Gasteiger partial charge in [-0.2, -0.15) is 0 Å². The summed E-state index contributed by atoms with van der Waals surface area (Å²) in [5, 5.41) is 11.7. The zero-order chi connectivity index (χ0) is 13.3. The second kappa shape index (κ2) is 4.83. The second-order valence-electron chi connectivity index (χ2n) is 4.83. The van der Waals surface area contributed by atoms with Crippen LogP contribution in [-0.2, 0) is 9.59 Å². The van der Waals surface area contributed by atoms with E-state index < -0.39 is 17.8 Å². The van der Waals surface area contributed by atoms with Gasteiger partial charge in [-0.3, -0.25) is 9.59 Å². The lowest BCUT2D eigenvalue weighted by Gasteiger charge is -2.23. The summed E-state index contributed by atoms with van der Waals surface area (Å²) >= 11 is 0. The molecule has 7 heteroatoms. The fourth-order valence-corrected chi connectivity index (χ4v) is 2.95. The summed E-state index contributed by atoms with van der Waals surface area (Å²) in [5.41, 5.74) is 4.98. The number of carbonyl (C=O) groups is 3. The Balaban J connectivity index is 1.91. The van der Waals surface area contributed by atoms with Crippen LogP contribution in [0.4, 0.5) is 4.79 Å². The van der Waals surface area contributed by atoms with Gasteiger partial charge in [-0.05, 0) is 19.3 Å². The number of urea groups is 1. The van der Waals surface area contributed by atoms with Gasteiger partial charge >= 0.3 is 12.0 Å². The maximum Gasteiger partial charge on any atom is 0.317 e. The lowest BCUT2D eigenvalue weighted by molar-refractivity contribution is -0.142. The molecular weight excluding hydrogens is 238 g/mol. The molecule has 100 valence electrons. The summed E-state index contributed by atoms with van der Waals surface area (Å²) in [6, 6.07) is -0.474. The minimum atomic E-state index is -0.836. The molecule has 3 atom stereocenters. The molecule has 4 N–H and O–H groups in total. The van der Waals surface area contributed by atoms with Gasteiger partial charge in [-0.25, -0.2) is 4.79 Å². The normalized spacial score (nSPS) is 29.3. The van der Waals surface area contributed by atoms with E-state index in [1.807, 2.05) is 0 Å². The summed E-state index contributed by atoms with van der Waals surface area (Å²) in [6.45, 7) is 0.196. The highest BCUT2D eigenvalue weighted by Crippen LogP contribution is 2.41.